The highest BCUT2D eigenvalue weighted by molar-refractivity contribution is 6.97. The fraction of sp³-hybridized carbons (Fsp3) is 0.385. The lowest BCUT2D eigenvalue weighted by molar-refractivity contribution is -0.384. The summed E-state index contributed by atoms with van der Waals surface area (Å²) in [5.74, 6) is 2.05. The van der Waals surface area contributed by atoms with Crippen LogP contribution in [0.15, 0.2) is 24.3 Å². The maximum absolute atomic E-state index is 11.8. The van der Waals surface area contributed by atoms with Gasteiger partial charge in [-0.25, -0.2) is 5.26 Å². The van der Waals surface area contributed by atoms with Gasteiger partial charge in [-0.05, 0) is 24.2 Å². The Balaban J connectivity index is 2.11. The van der Waals surface area contributed by atoms with Crippen LogP contribution >= 0.6 is 0 Å². The molecule has 0 aliphatic carbocycles. The zero-order chi connectivity index (χ0) is 14.0. The van der Waals surface area contributed by atoms with Crippen molar-refractivity contribution < 1.29 is 9.72 Å². The van der Waals surface area contributed by atoms with E-state index in [0.717, 1.165) is 5.56 Å². The second-order valence-electron chi connectivity index (χ2n) is 5.03. The van der Waals surface area contributed by atoms with Crippen LogP contribution in [0.1, 0.15) is 18.9 Å². The zero-order valence-electron chi connectivity index (χ0n) is 10.6. The Bertz CT molecular complexity index is 550. The Hall–Kier alpha value is -2.16. The second-order valence-corrected chi connectivity index (χ2v) is 5.03. The van der Waals surface area contributed by atoms with Crippen molar-refractivity contribution in [3.8, 4) is 5.97 Å². The topological polar surface area (TPSA) is 84.0 Å². The van der Waals surface area contributed by atoms with E-state index in [2.05, 4.69) is 5.97 Å². The van der Waals surface area contributed by atoms with E-state index in [1.807, 2.05) is 6.92 Å². The molecule has 6 heteroatoms. The molecule has 0 bridgehead atoms. The minimum atomic E-state index is -0.537. The average Bonchev–Trinajstić information content (AvgIpc) is 2.65. The van der Waals surface area contributed by atoms with Crippen molar-refractivity contribution in [2.24, 2.45) is 5.92 Å². The van der Waals surface area contributed by atoms with Crippen molar-refractivity contribution in [3.05, 3.63) is 39.9 Å². The van der Waals surface area contributed by atoms with Gasteiger partial charge in [0.1, 0.15) is 5.68 Å². The number of carbonyl (C=O) groups is 1. The summed E-state index contributed by atoms with van der Waals surface area (Å²) in [5, 5.41) is 19.6. The zero-order valence-corrected chi connectivity index (χ0v) is 10.6. The van der Waals surface area contributed by atoms with Gasteiger partial charge in [0.25, 0.3) is 5.69 Å². The van der Waals surface area contributed by atoms with Crippen LogP contribution in [0.25, 0.3) is 0 Å². The lowest BCUT2D eigenvalue weighted by Gasteiger charge is -2.09. The van der Waals surface area contributed by atoms with Crippen LogP contribution < -0.4 is 0 Å². The lowest BCUT2D eigenvalue weighted by atomic mass is 9.42. The van der Waals surface area contributed by atoms with E-state index in [4.69, 9.17) is 5.26 Å². The Morgan fingerprint density at radius 2 is 2.11 bits per heavy atom. The molecule has 1 aliphatic rings. The second kappa shape index (κ2) is 5.23. The van der Waals surface area contributed by atoms with Crippen molar-refractivity contribution >= 4 is 18.1 Å². The van der Waals surface area contributed by atoms with Crippen LogP contribution in [0.3, 0.4) is 0 Å². The quantitative estimate of drug-likeness (QED) is 0.471. The number of nitro benzene ring substituents is 1. The monoisotopic (exact) mass is 256 g/mol. The molecule has 2 atom stereocenters. The molecule has 0 spiro atoms. The third-order valence-electron chi connectivity index (χ3n) is 3.70. The number of rotatable bonds is 3. The van der Waals surface area contributed by atoms with Crippen molar-refractivity contribution in [1.29, 1.82) is 5.26 Å². The van der Waals surface area contributed by atoms with E-state index in [1.54, 1.807) is 12.1 Å². The molecule has 0 N–H and O–H groups in total. The summed E-state index contributed by atoms with van der Waals surface area (Å²) in [7, 11) is 0. The minimum absolute atomic E-state index is 0.0222. The van der Waals surface area contributed by atoms with Crippen LogP contribution in [0, 0.1) is 27.3 Å². The number of benzene rings is 1. The van der Waals surface area contributed by atoms with Crippen molar-refractivity contribution in [1.82, 2.24) is 0 Å². The van der Waals surface area contributed by atoms with Gasteiger partial charge in [0.2, 0.25) is 0 Å². The van der Waals surface area contributed by atoms with E-state index in [1.165, 1.54) is 12.1 Å². The summed E-state index contributed by atoms with van der Waals surface area (Å²) in [6.07, 6.45) is 1.33. The molecule has 0 radical (unpaired) electrons. The molecular formula is C13H13BN2O3. The largest absolute Gasteiger partial charge is 0.348 e. The Labute approximate surface area is 111 Å². The normalized spacial score (nSPS) is 22.3. The summed E-state index contributed by atoms with van der Waals surface area (Å²) in [4.78, 5) is 21.9. The third kappa shape index (κ3) is 2.65. The number of nitro groups is 1. The van der Waals surface area contributed by atoms with E-state index in [-0.39, 0.29) is 23.1 Å². The molecule has 96 valence electrons. The van der Waals surface area contributed by atoms with E-state index < -0.39 is 11.6 Å². The van der Waals surface area contributed by atoms with Crippen molar-refractivity contribution in [2.75, 3.05) is 0 Å². The fourth-order valence-electron chi connectivity index (χ4n) is 2.67. The van der Waals surface area contributed by atoms with Crippen LogP contribution in [-0.4, -0.2) is 17.3 Å². The highest BCUT2D eigenvalue weighted by Gasteiger charge is 2.43. The highest BCUT2D eigenvalue weighted by atomic mass is 16.6. The first-order chi connectivity index (χ1) is 9.02. The standard InChI is InChI=1S/C13H13BN2O3/c1-9-6-11(14(8-15)13(9)17)7-10-2-4-12(5-3-10)16(18)19/h2-5,9,11H,6-7H2,1H3. The summed E-state index contributed by atoms with van der Waals surface area (Å²) >= 11 is 0. The van der Waals surface area contributed by atoms with Gasteiger partial charge in [0, 0.05) is 24.0 Å². The smallest absolute Gasteiger partial charge is 0.309 e. The predicted molar refractivity (Wildman–Crippen MR) is 70.7 cm³/mol. The van der Waals surface area contributed by atoms with Gasteiger partial charge in [-0.15, -0.1) is 0 Å². The summed E-state index contributed by atoms with van der Waals surface area (Å²) in [5.41, 5.74) is 1.00. The van der Waals surface area contributed by atoms with Crippen LogP contribution in [0.5, 0.6) is 0 Å². The van der Waals surface area contributed by atoms with Gasteiger partial charge in [-0.3, -0.25) is 10.1 Å². The van der Waals surface area contributed by atoms with E-state index >= 15 is 0 Å². The summed E-state index contributed by atoms with van der Waals surface area (Å²) in [6.45, 7) is 1.31. The van der Waals surface area contributed by atoms with E-state index in [0.29, 0.717) is 12.8 Å². The molecule has 19 heavy (non-hydrogen) atoms. The molecule has 5 nitrogen and oxygen atoms in total. The number of hydrogen-bond acceptors (Lipinski definition) is 4. The maximum atomic E-state index is 11.8. The first-order valence-corrected chi connectivity index (χ1v) is 6.19. The first kappa shape index (κ1) is 13.3. The fourth-order valence-corrected chi connectivity index (χ4v) is 2.67. The summed E-state index contributed by atoms with van der Waals surface area (Å²) < 4.78 is 0. The van der Waals surface area contributed by atoms with Gasteiger partial charge in [-0.2, -0.15) is 0 Å². The number of carbonyl (C=O) groups excluding carboxylic acids is 1. The lowest BCUT2D eigenvalue weighted by Crippen LogP contribution is -2.25. The van der Waals surface area contributed by atoms with Crippen molar-refractivity contribution in [3.63, 3.8) is 0 Å². The Morgan fingerprint density at radius 3 is 2.63 bits per heavy atom. The predicted octanol–water partition coefficient (Wildman–Crippen LogP) is 2.21. The molecule has 0 aromatic heterocycles. The van der Waals surface area contributed by atoms with Crippen molar-refractivity contribution in [2.45, 2.75) is 25.6 Å². The van der Waals surface area contributed by atoms with Gasteiger partial charge < -0.3 is 4.79 Å². The van der Waals surface area contributed by atoms with Crippen LogP contribution in [-0.2, 0) is 11.2 Å². The average molecular weight is 256 g/mol. The number of nitrogens with zero attached hydrogens (tertiary/aromatic N) is 2. The molecule has 2 unspecified atom stereocenters. The number of hydrogen-bond donors (Lipinski definition) is 0. The molecule has 1 aliphatic heterocycles. The van der Waals surface area contributed by atoms with Gasteiger partial charge >= 0.3 is 6.71 Å². The molecule has 1 heterocycles. The number of nitriles is 1. The molecule has 0 amide bonds. The van der Waals surface area contributed by atoms with E-state index in [9.17, 15) is 14.9 Å². The molecule has 0 saturated carbocycles. The van der Waals surface area contributed by atoms with Crippen LogP contribution in [0.4, 0.5) is 5.69 Å². The third-order valence-corrected chi connectivity index (χ3v) is 3.70. The highest BCUT2D eigenvalue weighted by Crippen LogP contribution is 2.34. The van der Waals surface area contributed by atoms with Crippen LogP contribution in [0.2, 0.25) is 5.82 Å². The molecule has 1 fully saturated rings. The minimum Gasteiger partial charge on any atom is -0.309 e. The molecule has 1 aromatic carbocycles. The summed E-state index contributed by atoms with van der Waals surface area (Å²) in [6, 6.07) is 6.30. The van der Waals surface area contributed by atoms with Gasteiger partial charge in [-0.1, -0.05) is 19.1 Å². The maximum Gasteiger partial charge on any atom is 0.348 e. The first-order valence-electron chi connectivity index (χ1n) is 6.19. The van der Waals surface area contributed by atoms with Gasteiger partial charge in [0.05, 0.1) is 4.92 Å². The Morgan fingerprint density at radius 1 is 1.47 bits per heavy atom. The molecule has 1 saturated heterocycles. The molecule has 1 aromatic rings. The molecule has 2 rings (SSSR count). The number of non-ortho nitro benzene ring substituents is 1. The Kier molecular flexibility index (Phi) is 3.65. The SMILES string of the molecule is CC1CC(Cc2ccc([N+](=O)[O-])cc2)B(C#N)C1=O. The molecular weight excluding hydrogens is 243 g/mol. The van der Waals surface area contributed by atoms with Gasteiger partial charge in [0.15, 0.2) is 0 Å².